The lowest BCUT2D eigenvalue weighted by atomic mass is 10.3. The van der Waals surface area contributed by atoms with Gasteiger partial charge in [0, 0.05) is 12.6 Å². The summed E-state index contributed by atoms with van der Waals surface area (Å²) in [5.41, 5.74) is -0.204. The summed E-state index contributed by atoms with van der Waals surface area (Å²) in [6.45, 7) is 4.36. The van der Waals surface area contributed by atoms with Crippen LogP contribution in [0, 0.1) is 11.6 Å². The van der Waals surface area contributed by atoms with E-state index in [4.69, 9.17) is 9.47 Å². The van der Waals surface area contributed by atoms with Gasteiger partial charge in [-0.3, -0.25) is 4.79 Å². The first-order chi connectivity index (χ1) is 14.9. The van der Waals surface area contributed by atoms with Crippen LogP contribution < -0.4 is 14.8 Å². The standard InChI is InChI=1S/C21H22F2N4O3S/c1-4-27-20(13(2)30-16-8-6-15(29-3)7-9-16)25-26-21(27)31-12-19(28)24-18-11-14(22)5-10-17(18)23/h5-11,13H,4,12H2,1-3H3,(H,24,28). The largest absolute Gasteiger partial charge is 0.497 e. The van der Waals surface area contributed by atoms with Crippen LogP contribution in [-0.4, -0.2) is 33.5 Å². The van der Waals surface area contributed by atoms with Gasteiger partial charge in [0.05, 0.1) is 18.6 Å². The predicted octanol–water partition coefficient (Wildman–Crippen LogP) is 4.46. The number of halogens is 2. The number of nitrogens with one attached hydrogen (secondary N) is 1. The number of methoxy groups -OCH3 is 1. The molecule has 2 aromatic carbocycles. The van der Waals surface area contributed by atoms with Gasteiger partial charge < -0.3 is 19.4 Å². The van der Waals surface area contributed by atoms with Gasteiger partial charge in [-0.25, -0.2) is 8.78 Å². The second-order valence-corrected chi connectivity index (χ2v) is 7.42. The van der Waals surface area contributed by atoms with Crippen molar-refractivity contribution >= 4 is 23.4 Å². The Morgan fingerprint density at radius 2 is 1.87 bits per heavy atom. The minimum absolute atomic E-state index is 0.0399. The maximum Gasteiger partial charge on any atom is 0.234 e. The van der Waals surface area contributed by atoms with Gasteiger partial charge in [-0.05, 0) is 50.2 Å². The summed E-state index contributed by atoms with van der Waals surface area (Å²) in [7, 11) is 1.59. The van der Waals surface area contributed by atoms with Crippen LogP contribution in [0.2, 0.25) is 0 Å². The lowest BCUT2D eigenvalue weighted by Crippen LogP contribution is -2.16. The zero-order chi connectivity index (χ0) is 22.4. The van der Waals surface area contributed by atoms with Crippen molar-refractivity contribution in [3.63, 3.8) is 0 Å². The molecule has 0 aliphatic heterocycles. The van der Waals surface area contributed by atoms with Gasteiger partial charge in [-0.1, -0.05) is 11.8 Å². The first kappa shape index (κ1) is 22.5. The van der Waals surface area contributed by atoms with Crippen LogP contribution in [0.25, 0.3) is 0 Å². The lowest BCUT2D eigenvalue weighted by Gasteiger charge is -2.15. The molecular formula is C21H22F2N4O3S. The normalized spacial score (nSPS) is 11.8. The molecule has 3 aromatic rings. The first-order valence-corrected chi connectivity index (χ1v) is 10.5. The molecule has 164 valence electrons. The highest BCUT2D eigenvalue weighted by Gasteiger charge is 2.20. The Balaban J connectivity index is 1.63. The molecule has 1 heterocycles. The minimum atomic E-state index is -0.705. The second-order valence-electron chi connectivity index (χ2n) is 6.48. The van der Waals surface area contributed by atoms with Crippen LogP contribution >= 0.6 is 11.8 Å². The Labute approximate surface area is 182 Å². The molecule has 1 aromatic heterocycles. The summed E-state index contributed by atoms with van der Waals surface area (Å²) in [6.07, 6.45) is -0.384. The SMILES string of the molecule is CCn1c(SCC(=O)Nc2cc(F)ccc2F)nnc1C(C)Oc1ccc(OC)cc1. The van der Waals surface area contributed by atoms with E-state index in [0.29, 0.717) is 23.3 Å². The van der Waals surface area contributed by atoms with Crippen LogP contribution in [-0.2, 0) is 11.3 Å². The van der Waals surface area contributed by atoms with Crippen molar-refractivity contribution in [1.82, 2.24) is 14.8 Å². The van der Waals surface area contributed by atoms with Crippen molar-refractivity contribution in [2.75, 3.05) is 18.2 Å². The number of carbonyl (C=O) groups is 1. The van der Waals surface area contributed by atoms with E-state index < -0.39 is 17.5 Å². The number of amides is 1. The van der Waals surface area contributed by atoms with Gasteiger partial charge >= 0.3 is 0 Å². The Kier molecular flexibility index (Phi) is 7.45. The first-order valence-electron chi connectivity index (χ1n) is 9.52. The molecule has 3 rings (SSSR count). The minimum Gasteiger partial charge on any atom is -0.497 e. The number of hydrogen-bond acceptors (Lipinski definition) is 6. The summed E-state index contributed by atoms with van der Waals surface area (Å²) in [5.74, 6) is 0.133. The van der Waals surface area contributed by atoms with E-state index in [2.05, 4.69) is 15.5 Å². The quantitative estimate of drug-likeness (QED) is 0.487. The molecule has 0 saturated heterocycles. The Bertz CT molecular complexity index is 1040. The third-order valence-electron chi connectivity index (χ3n) is 4.33. The molecule has 0 radical (unpaired) electrons. The van der Waals surface area contributed by atoms with Gasteiger partial charge in [-0.2, -0.15) is 0 Å². The number of aromatic nitrogens is 3. The van der Waals surface area contributed by atoms with Gasteiger partial charge in [0.2, 0.25) is 5.91 Å². The molecule has 0 aliphatic rings. The third kappa shape index (κ3) is 5.72. The van der Waals surface area contributed by atoms with E-state index in [1.165, 1.54) is 0 Å². The van der Waals surface area contributed by atoms with Crippen LogP contribution in [0.5, 0.6) is 11.5 Å². The number of thioether (sulfide) groups is 1. The highest BCUT2D eigenvalue weighted by Crippen LogP contribution is 2.26. The molecule has 1 unspecified atom stereocenters. The number of anilines is 1. The van der Waals surface area contributed by atoms with Crippen LogP contribution in [0.3, 0.4) is 0 Å². The number of nitrogens with zero attached hydrogens (tertiary/aromatic N) is 3. The molecule has 1 amide bonds. The van der Waals surface area contributed by atoms with Crippen LogP contribution in [0.1, 0.15) is 25.8 Å². The van der Waals surface area contributed by atoms with Crippen molar-refractivity contribution in [2.24, 2.45) is 0 Å². The summed E-state index contributed by atoms with van der Waals surface area (Å²) in [4.78, 5) is 12.2. The molecule has 0 aliphatic carbocycles. The second kappa shape index (κ2) is 10.3. The molecule has 0 bridgehead atoms. The van der Waals surface area contributed by atoms with E-state index in [-0.39, 0.29) is 17.5 Å². The highest BCUT2D eigenvalue weighted by atomic mass is 32.2. The molecule has 0 spiro atoms. The lowest BCUT2D eigenvalue weighted by molar-refractivity contribution is -0.113. The van der Waals surface area contributed by atoms with Gasteiger partial charge in [0.25, 0.3) is 0 Å². The van der Waals surface area contributed by atoms with E-state index >= 15 is 0 Å². The topological polar surface area (TPSA) is 78.3 Å². The third-order valence-corrected chi connectivity index (χ3v) is 5.30. The molecule has 1 N–H and O–H groups in total. The predicted molar refractivity (Wildman–Crippen MR) is 113 cm³/mol. The Hall–Kier alpha value is -3.14. The van der Waals surface area contributed by atoms with E-state index in [9.17, 15) is 13.6 Å². The van der Waals surface area contributed by atoms with Crippen molar-refractivity contribution in [2.45, 2.75) is 31.7 Å². The average molecular weight is 448 g/mol. The van der Waals surface area contributed by atoms with Gasteiger partial charge in [0.1, 0.15) is 23.1 Å². The number of hydrogen-bond donors (Lipinski definition) is 1. The number of carbonyl (C=O) groups excluding carboxylic acids is 1. The maximum absolute atomic E-state index is 13.7. The summed E-state index contributed by atoms with van der Waals surface area (Å²) >= 11 is 1.15. The van der Waals surface area contributed by atoms with Crippen molar-refractivity contribution in [3.05, 3.63) is 59.9 Å². The van der Waals surface area contributed by atoms with Crippen molar-refractivity contribution in [1.29, 1.82) is 0 Å². The maximum atomic E-state index is 13.7. The highest BCUT2D eigenvalue weighted by molar-refractivity contribution is 7.99. The summed E-state index contributed by atoms with van der Waals surface area (Å²) in [5, 5.41) is 11.2. The van der Waals surface area contributed by atoms with Crippen LogP contribution in [0.15, 0.2) is 47.6 Å². The summed E-state index contributed by atoms with van der Waals surface area (Å²) in [6, 6.07) is 10.1. The molecule has 10 heteroatoms. The Morgan fingerprint density at radius 1 is 1.16 bits per heavy atom. The fraction of sp³-hybridized carbons (Fsp3) is 0.286. The molecular weight excluding hydrogens is 426 g/mol. The van der Waals surface area contributed by atoms with E-state index in [0.717, 1.165) is 35.7 Å². The fourth-order valence-electron chi connectivity index (χ4n) is 2.83. The molecule has 0 fully saturated rings. The Morgan fingerprint density at radius 3 is 2.55 bits per heavy atom. The zero-order valence-corrected chi connectivity index (χ0v) is 18.1. The number of benzene rings is 2. The number of rotatable bonds is 9. The van der Waals surface area contributed by atoms with E-state index in [1.807, 2.05) is 18.4 Å². The van der Waals surface area contributed by atoms with Gasteiger partial charge in [0.15, 0.2) is 17.1 Å². The van der Waals surface area contributed by atoms with E-state index in [1.54, 1.807) is 31.4 Å². The van der Waals surface area contributed by atoms with Gasteiger partial charge in [-0.15, -0.1) is 10.2 Å². The average Bonchev–Trinajstić information content (AvgIpc) is 3.18. The molecule has 7 nitrogen and oxygen atoms in total. The van der Waals surface area contributed by atoms with Crippen molar-refractivity contribution in [3.8, 4) is 11.5 Å². The molecule has 1 atom stereocenters. The zero-order valence-electron chi connectivity index (χ0n) is 17.3. The number of ether oxygens (including phenoxy) is 2. The summed E-state index contributed by atoms with van der Waals surface area (Å²) < 4.78 is 39.9. The van der Waals surface area contributed by atoms with Crippen molar-refractivity contribution < 1.29 is 23.0 Å². The smallest absolute Gasteiger partial charge is 0.234 e. The molecule has 31 heavy (non-hydrogen) atoms. The fourth-order valence-corrected chi connectivity index (χ4v) is 3.63. The van der Waals surface area contributed by atoms with Crippen LogP contribution in [0.4, 0.5) is 14.5 Å². The monoisotopic (exact) mass is 448 g/mol. The molecule has 0 saturated carbocycles.